The van der Waals surface area contributed by atoms with E-state index < -0.39 is 0 Å². The molecule has 1 aliphatic heterocycles. The molecule has 2 rings (SSSR count). The molecule has 1 fully saturated rings. The number of pyridine rings is 1. The Balaban J connectivity index is 2.24. The molecule has 5 heteroatoms. The number of hydrazine groups is 1. The first-order valence-electron chi connectivity index (χ1n) is 6.37. The van der Waals surface area contributed by atoms with Crippen LogP contribution in [0.3, 0.4) is 0 Å². The van der Waals surface area contributed by atoms with Gasteiger partial charge in [0.2, 0.25) is 0 Å². The highest BCUT2D eigenvalue weighted by Gasteiger charge is 2.39. The van der Waals surface area contributed by atoms with Crippen LogP contribution in [0.25, 0.3) is 0 Å². The average molecular weight is 251 g/mol. The fourth-order valence-electron chi connectivity index (χ4n) is 2.49. The Hall–Kier alpha value is -1.17. The van der Waals surface area contributed by atoms with Gasteiger partial charge in [-0.2, -0.15) is 0 Å². The number of nitrogens with two attached hydrogens (primary N) is 1. The number of aromatic nitrogens is 1. The van der Waals surface area contributed by atoms with Gasteiger partial charge in [-0.25, -0.2) is 0 Å². The minimum atomic E-state index is -0.277. The highest BCUT2D eigenvalue weighted by atomic mass is 16.5. The molecule has 0 bridgehead atoms. The van der Waals surface area contributed by atoms with E-state index in [9.17, 15) is 0 Å². The van der Waals surface area contributed by atoms with Gasteiger partial charge < -0.3 is 9.47 Å². The molecule has 2 atom stereocenters. The van der Waals surface area contributed by atoms with E-state index in [2.05, 4.69) is 17.3 Å². The number of hydrogen-bond acceptors (Lipinski definition) is 5. The maximum absolute atomic E-state index is 5.84. The fraction of sp³-hybridized carbons (Fsp3) is 0.615. The van der Waals surface area contributed by atoms with E-state index in [0.29, 0.717) is 6.61 Å². The summed E-state index contributed by atoms with van der Waals surface area (Å²) in [5.41, 5.74) is 3.57. The lowest BCUT2D eigenvalue weighted by Crippen LogP contribution is -2.44. The van der Waals surface area contributed by atoms with Crippen molar-refractivity contribution in [1.82, 2.24) is 10.4 Å². The lowest BCUT2D eigenvalue weighted by atomic mass is 9.89. The monoisotopic (exact) mass is 251 g/mol. The van der Waals surface area contributed by atoms with Crippen molar-refractivity contribution >= 4 is 0 Å². The smallest absolute Gasteiger partial charge is 0.137 e. The highest BCUT2D eigenvalue weighted by molar-refractivity contribution is 5.28. The summed E-state index contributed by atoms with van der Waals surface area (Å²) in [6.07, 6.45) is 5.56. The molecule has 2 unspecified atom stereocenters. The fourth-order valence-corrected chi connectivity index (χ4v) is 2.49. The molecular formula is C13H21N3O2. The second kappa shape index (κ2) is 5.65. The Bertz CT molecular complexity index is 392. The molecule has 0 aromatic carbocycles. The normalized spacial score (nSPS) is 25.1. The molecule has 0 saturated carbocycles. The maximum atomic E-state index is 5.84. The van der Waals surface area contributed by atoms with E-state index in [4.69, 9.17) is 15.3 Å². The van der Waals surface area contributed by atoms with Gasteiger partial charge >= 0.3 is 0 Å². The molecule has 1 aliphatic rings. The van der Waals surface area contributed by atoms with Crippen LogP contribution in [0.2, 0.25) is 0 Å². The molecule has 1 aromatic heterocycles. The van der Waals surface area contributed by atoms with Crippen LogP contribution in [0, 0.1) is 0 Å². The molecule has 0 amide bonds. The molecule has 18 heavy (non-hydrogen) atoms. The van der Waals surface area contributed by atoms with Crippen LogP contribution in [0.4, 0.5) is 0 Å². The number of ether oxygens (including phenoxy) is 2. The number of nitrogens with one attached hydrogen (secondary N) is 1. The second-order valence-electron chi connectivity index (χ2n) is 4.75. The third-order valence-electron chi connectivity index (χ3n) is 3.41. The van der Waals surface area contributed by atoms with Gasteiger partial charge in [0.25, 0.3) is 0 Å². The maximum Gasteiger partial charge on any atom is 0.137 e. The topological polar surface area (TPSA) is 69.4 Å². The molecule has 100 valence electrons. The zero-order valence-electron chi connectivity index (χ0n) is 11.0. The third kappa shape index (κ3) is 2.63. The van der Waals surface area contributed by atoms with Gasteiger partial charge in [-0.05, 0) is 38.3 Å². The molecule has 0 radical (unpaired) electrons. The number of rotatable bonds is 5. The van der Waals surface area contributed by atoms with Gasteiger partial charge in [-0.1, -0.05) is 0 Å². The Kier molecular flexibility index (Phi) is 4.16. The van der Waals surface area contributed by atoms with Crippen molar-refractivity contribution < 1.29 is 9.47 Å². The van der Waals surface area contributed by atoms with Crippen LogP contribution in [0.15, 0.2) is 18.5 Å². The average Bonchev–Trinajstić information content (AvgIpc) is 2.79. The van der Waals surface area contributed by atoms with Gasteiger partial charge in [0.1, 0.15) is 5.75 Å². The summed E-state index contributed by atoms with van der Waals surface area (Å²) in [6, 6.07) is 1.89. The van der Waals surface area contributed by atoms with Crippen LogP contribution in [-0.4, -0.2) is 23.8 Å². The van der Waals surface area contributed by atoms with Crippen molar-refractivity contribution in [3.63, 3.8) is 0 Å². The quantitative estimate of drug-likeness (QED) is 0.614. The number of nitrogens with zero attached hydrogens (tertiary/aromatic N) is 1. The molecule has 0 spiro atoms. The molecule has 3 N–H and O–H groups in total. The number of hydrogen-bond donors (Lipinski definition) is 2. The van der Waals surface area contributed by atoms with Crippen LogP contribution >= 0.6 is 0 Å². The summed E-state index contributed by atoms with van der Waals surface area (Å²) in [5, 5.41) is 0. The van der Waals surface area contributed by atoms with Gasteiger partial charge in [0, 0.05) is 12.8 Å². The standard InChI is InChI=1S/C13H21N3O2/c1-3-17-11-7-10(8-15-9-11)12(16-14)13(2)5-4-6-18-13/h7-9,12,16H,3-6,14H2,1-2H3. The highest BCUT2D eigenvalue weighted by Crippen LogP contribution is 2.37. The largest absolute Gasteiger partial charge is 0.492 e. The van der Waals surface area contributed by atoms with Gasteiger partial charge in [0.15, 0.2) is 0 Å². The zero-order chi connectivity index (χ0) is 13.0. The van der Waals surface area contributed by atoms with Crippen molar-refractivity contribution in [2.24, 2.45) is 5.84 Å². The minimum Gasteiger partial charge on any atom is -0.492 e. The second-order valence-corrected chi connectivity index (χ2v) is 4.75. The van der Waals surface area contributed by atoms with Crippen LogP contribution in [0.5, 0.6) is 5.75 Å². The Morgan fingerprint density at radius 2 is 2.44 bits per heavy atom. The van der Waals surface area contributed by atoms with E-state index in [-0.39, 0.29) is 11.6 Å². The first-order chi connectivity index (χ1) is 8.69. The lowest BCUT2D eigenvalue weighted by Gasteiger charge is -2.33. The molecule has 1 saturated heterocycles. The molecule has 0 aliphatic carbocycles. The predicted molar refractivity (Wildman–Crippen MR) is 69.1 cm³/mol. The van der Waals surface area contributed by atoms with Crippen LogP contribution in [-0.2, 0) is 4.74 Å². The van der Waals surface area contributed by atoms with Crippen molar-refractivity contribution in [3.05, 3.63) is 24.0 Å². The van der Waals surface area contributed by atoms with Crippen LogP contribution in [0.1, 0.15) is 38.3 Å². The van der Waals surface area contributed by atoms with E-state index in [1.54, 1.807) is 12.4 Å². The van der Waals surface area contributed by atoms with Crippen molar-refractivity contribution in [1.29, 1.82) is 0 Å². The first kappa shape index (κ1) is 13.3. The zero-order valence-corrected chi connectivity index (χ0v) is 11.0. The van der Waals surface area contributed by atoms with Crippen molar-refractivity contribution in [2.45, 2.75) is 38.3 Å². The Morgan fingerprint density at radius 3 is 3.06 bits per heavy atom. The lowest BCUT2D eigenvalue weighted by molar-refractivity contribution is -0.0126. The molecule has 1 aromatic rings. The van der Waals surface area contributed by atoms with Gasteiger partial charge in [-0.15, -0.1) is 0 Å². The summed E-state index contributed by atoms with van der Waals surface area (Å²) in [4.78, 5) is 4.20. The van der Waals surface area contributed by atoms with Crippen LogP contribution < -0.4 is 16.0 Å². The molecular weight excluding hydrogens is 230 g/mol. The Morgan fingerprint density at radius 1 is 1.61 bits per heavy atom. The molecule has 5 nitrogen and oxygen atoms in total. The first-order valence-corrected chi connectivity index (χ1v) is 6.37. The van der Waals surface area contributed by atoms with E-state index in [0.717, 1.165) is 30.8 Å². The van der Waals surface area contributed by atoms with Gasteiger partial charge in [0.05, 0.1) is 24.4 Å². The molecule has 2 heterocycles. The predicted octanol–water partition coefficient (Wildman–Crippen LogP) is 1.55. The SMILES string of the molecule is CCOc1cncc(C(NN)C2(C)CCCO2)c1. The summed E-state index contributed by atoms with van der Waals surface area (Å²) in [7, 11) is 0. The van der Waals surface area contributed by atoms with E-state index >= 15 is 0 Å². The van der Waals surface area contributed by atoms with E-state index in [1.165, 1.54) is 0 Å². The Labute approximate surface area is 108 Å². The van der Waals surface area contributed by atoms with Crippen molar-refractivity contribution in [2.75, 3.05) is 13.2 Å². The third-order valence-corrected chi connectivity index (χ3v) is 3.41. The van der Waals surface area contributed by atoms with E-state index in [1.807, 2.05) is 13.0 Å². The summed E-state index contributed by atoms with van der Waals surface area (Å²) in [6.45, 7) is 5.44. The summed E-state index contributed by atoms with van der Waals surface area (Å²) < 4.78 is 11.3. The summed E-state index contributed by atoms with van der Waals surface area (Å²) in [5.74, 6) is 6.46. The summed E-state index contributed by atoms with van der Waals surface area (Å²) >= 11 is 0. The minimum absolute atomic E-state index is 0.0760. The van der Waals surface area contributed by atoms with Gasteiger partial charge in [-0.3, -0.25) is 16.3 Å². The van der Waals surface area contributed by atoms with Crippen molar-refractivity contribution in [3.8, 4) is 5.75 Å².